The molecule has 0 aliphatic rings. The van der Waals surface area contributed by atoms with E-state index in [2.05, 4.69) is 42.2 Å². The minimum absolute atomic E-state index is 0. The minimum atomic E-state index is 0. The van der Waals surface area contributed by atoms with Crippen LogP contribution in [0.4, 0.5) is 5.69 Å². The molecule has 0 saturated carbocycles. The number of aliphatic imine (C=N–C) groups is 1. The van der Waals surface area contributed by atoms with Gasteiger partial charge in [-0.05, 0) is 30.9 Å². The summed E-state index contributed by atoms with van der Waals surface area (Å²) in [6, 6.07) is 8.21. The van der Waals surface area contributed by atoms with Crippen molar-refractivity contribution in [3.05, 3.63) is 46.8 Å². The molecule has 0 radical (unpaired) electrons. The summed E-state index contributed by atoms with van der Waals surface area (Å²) in [5.74, 6) is 1.48. The first-order valence-corrected chi connectivity index (χ1v) is 8.12. The molecule has 0 spiro atoms. The van der Waals surface area contributed by atoms with Gasteiger partial charge in [-0.3, -0.25) is 0 Å². The van der Waals surface area contributed by atoms with Crippen LogP contribution in [0.2, 0.25) is 0 Å². The second-order valence-corrected chi connectivity index (χ2v) is 5.80. The molecule has 1 aromatic heterocycles. The summed E-state index contributed by atoms with van der Waals surface area (Å²) in [5.41, 5.74) is 10.4. The van der Waals surface area contributed by atoms with Gasteiger partial charge >= 0.3 is 0 Å². The Morgan fingerprint density at radius 2 is 1.91 bits per heavy atom. The van der Waals surface area contributed by atoms with E-state index in [0.29, 0.717) is 10.9 Å². The van der Waals surface area contributed by atoms with Gasteiger partial charge in [-0.1, -0.05) is 49.0 Å². The van der Waals surface area contributed by atoms with Gasteiger partial charge in [0.15, 0.2) is 5.17 Å². The maximum absolute atomic E-state index is 6.06. The molecular weight excluding hydrogens is 318 g/mol. The largest absolute Gasteiger partial charge is 0.378 e. The van der Waals surface area contributed by atoms with Crippen molar-refractivity contribution in [2.24, 2.45) is 10.7 Å². The third kappa shape index (κ3) is 4.78. The predicted molar refractivity (Wildman–Crippen MR) is 96.3 cm³/mol. The van der Waals surface area contributed by atoms with E-state index in [1.54, 1.807) is 0 Å². The van der Waals surface area contributed by atoms with Crippen molar-refractivity contribution in [1.29, 1.82) is 0 Å². The van der Waals surface area contributed by atoms with Crippen LogP contribution in [0.1, 0.15) is 36.4 Å². The Bertz CT molecular complexity index is 618. The number of nitrogens with zero attached hydrogens (tertiary/aromatic N) is 2. The summed E-state index contributed by atoms with van der Waals surface area (Å²) in [6.45, 7) is 6.15. The fourth-order valence-corrected chi connectivity index (χ4v) is 2.72. The zero-order valence-electron chi connectivity index (χ0n) is 13.1. The van der Waals surface area contributed by atoms with Gasteiger partial charge in [0.1, 0.15) is 5.76 Å². The van der Waals surface area contributed by atoms with Crippen LogP contribution >= 0.6 is 24.2 Å². The highest BCUT2D eigenvalue weighted by Gasteiger charge is 2.07. The lowest BCUT2D eigenvalue weighted by atomic mass is 10.0. The Morgan fingerprint density at radius 1 is 1.27 bits per heavy atom. The number of aryl methyl sites for hydroxylation is 3. The number of aromatic nitrogens is 1. The molecule has 0 bridgehead atoms. The quantitative estimate of drug-likeness (QED) is 0.647. The van der Waals surface area contributed by atoms with Gasteiger partial charge in [0.25, 0.3) is 0 Å². The van der Waals surface area contributed by atoms with Crippen molar-refractivity contribution >= 4 is 35.0 Å². The van der Waals surface area contributed by atoms with Gasteiger partial charge < -0.3 is 10.3 Å². The van der Waals surface area contributed by atoms with Crippen LogP contribution in [0, 0.1) is 6.92 Å². The number of benzene rings is 1. The first-order chi connectivity index (χ1) is 10.1. The van der Waals surface area contributed by atoms with Gasteiger partial charge in [-0.15, -0.1) is 12.4 Å². The number of rotatable bonds is 5. The lowest BCUT2D eigenvalue weighted by molar-refractivity contribution is 0.393. The molecule has 0 amide bonds. The van der Waals surface area contributed by atoms with Gasteiger partial charge in [0.2, 0.25) is 0 Å². The number of hydrogen-bond acceptors (Lipinski definition) is 4. The molecule has 4 nitrogen and oxygen atoms in total. The van der Waals surface area contributed by atoms with Crippen LogP contribution in [0.5, 0.6) is 0 Å². The van der Waals surface area contributed by atoms with Crippen molar-refractivity contribution in [3.63, 3.8) is 0 Å². The summed E-state index contributed by atoms with van der Waals surface area (Å²) >= 11 is 1.48. The van der Waals surface area contributed by atoms with E-state index in [-0.39, 0.29) is 12.4 Å². The molecule has 22 heavy (non-hydrogen) atoms. The monoisotopic (exact) mass is 339 g/mol. The molecular formula is C16H22ClN3OS. The van der Waals surface area contributed by atoms with E-state index >= 15 is 0 Å². The Morgan fingerprint density at radius 3 is 2.41 bits per heavy atom. The predicted octanol–water partition coefficient (Wildman–Crippen LogP) is 4.41. The standard InChI is InChI=1S/C16H21N3OS.ClH/c1-4-12-7-6-8-13(5-2)15(12)18-16(17)21-10-14-9-11(3)20-19-14;/h6-9H,4-5,10H2,1-3H3,(H2,17,18);1H. The topological polar surface area (TPSA) is 64.4 Å². The molecule has 0 atom stereocenters. The Kier molecular flexibility index (Phi) is 7.48. The summed E-state index contributed by atoms with van der Waals surface area (Å²) in [5, 5.41) is 4.52. The maximum atomic E-state index is 6.06. The van der Waals surface area contributed by atoms with E-state index in [9.17, 15) is 0 Å². The molecule has 0 fully saturated rings. The van der Waals surface area contributed by atoms with Gasteiger partial charge in [-0.25, -0.2) is 4.99 Å². The highest BCUT2D eigenvalue weighted by molar-refractivity contribution is 8.13. The number of thioether (sulfide) groups is 1. The van der Waals surface area contributed by atoms with E-state index in [1.807, 2.05) is 13.0 Å². The van der Waals surface area contributed by atoms with Crippen molar-refractivity contribution in [2.75, 3.05) is 0 Å². The smallest absolute Gasteiger partial charge is 0.159 e. The van der Waals surface area contributed by atoms with Crippen LogP contribution in [0.3, 0.4) is 0 Å². The molecule has 1 heterocycles. The zero-order chi connectivity index (χ0) is 15.2. The van der Waals surface area contributed by atoms with Crippen molar-refractivity contribution in [1.82, 2.24) is 5.16 Å². The van der Waals surface area contributed by atoms with E-state index in [4.69, 9.17) is 10.3 Å². The van der Waals surface area contributed by atoms with Crippen LogP contribution in [0.25, 0.3) is 0 Å². The average Bonchev–Trinajstić information content (AvgIpc) is 2.91. The first-order valence-electron chi connectivity index (χ1n) is 7.14. The van der Waals surface area contributed by atoms with Crippen LogP contribution in [-0.4, -0.2) is 10.3 Å². The average molecular weight is 340 g/mol. The van der Waals surface area contributed by atoms with E-state index < -0.39 is 0 Å². The molecule has 6 heteroatoms. The van der Waals surface area contributed by atoms with Crippen molar-refractivity contribution in [2.45, 2.75) is 39.4 Å². The summed E-state index contributed by atoms with van der Waals surface area (Å²) < 4.78 is 5.04. The first kappa shape index (κ1) is 18.6. The summed E-state index contributed by atoms with van der Waals surface area (Å²) in [4.78, 5) is 4.62. The molecule has 0 unspecified atom stereocenters. The van der Waals surface area contributed by atoms with E-state index in [0.717, 1.165) is 30.0 Å². The van der Waals surface area contributed by atoms with Crippen molar-refractivity contribution in [3.8, 4) is 0 Å². The van der Waals surface area contributed by atoms with Gasteiger partial charge in [0, 0.05) is 11.8 Å². The normalized spacial score (nSPS) is 11.3. The highest BCUT2D eigenvalue weighted by Crippen LogP contribution is 2.27. The fraction of sp³-hybridized carbons (Fsp3) is 0.375. The maximum Gasteiger partial charge on any atom is 0.159 e. The number of amidine groups is 1. The molecule has 0 saturated heterocycles. The summed E-state index contributed by atoms with van der Waals surface area (Å²) in [6.07, 6.45) is 1.90. The second kappa shape index (κ2) is 8.86. The van der Waals surface area contributed by atoms with Crippen LogP contribution in [0.15, 0.2) is 33.8 Å². The molecule has 0 aliphatic carbocycles. The van der Waals surface area contributed by atoms with Crippen molar-refractivity contribution < 1.29 is 4.52 Å². The Labute approximate surface area is 142 Å². The molecule has 1 aromatic carbocycles. The number of nitrogens with two attached hydrogens (primary N) is 1. The number of para-hydroxylation sites is 1. The molecule has 0 aliphatic heterocycles. The molecule has 2 N–H and O–H groups in total. The number of hydrogen-bond donors (Lipinski definition) is 1. The van der Waals surface area contributed by atoms with Gasteiger partial charge in [-0.2, -0.15) is 0 Å². The molecule has 2 rings (SSSR count). The Balaban J connectivity index is 0.00000242. The van der Waals surface area contributed by atoms with E-state index in [1.165, 1.54) is 22.9 Å². The fourth-order valence-electron chi connectivity index (χ4n) is 2.14. The SMILES string of the molecule is CCc1cccc(CC)c1N=C(N)SCc1cc(C)on1.Cl. The second-order valence-electron chi connectivity index (χ2n) is 4.80. The molecule has 120 valence electrons. The number of halogens is 1. The lowest BCUT2D eigenvalue weighted by Crippen LogP contribution is -2.07. The third-order valence-corrected chi connectivity index (χ3v) is 4.06. The molecule has 2 aromatic rings. The zero-order valence-corrected chi connectivity index (χ0v) is 14.8. The Hall–Kier alpha value is -1.46. The summed E-state index contributed by atoms with van der Waals surface area (Å²) in [7, 11) is 0. The third-order valence-electron chi connectivity index (χ3n) is 3.23. The minimum Gasteiger partial charge on any atom is -0.378 e. The van der Waals surface area contributed by atoms with Crippen LogP contribution < -0.4 is 5.73 Å². The highest BCUT2D eigenvalue weighted by atomic mass is 35.5. The van der Waals surface area contributed by atoms with Gasteiger partial charge in [0.05, 0.1) is 11.4 Å². The van der Waals surface area contributed by atoms with Crippen LogP contribution in [-0.2, 0) is 18.6 Å². The lowest BCUT2D eigenvalue weighted by Gasteiger charge is -2.09.